The van der Waals surface area contributed by atoms with E-state index in [2.05, 4.69) is 12.2 Å². The van der Waals surface area contributed by atoms with Crippen molar-refractivity contribution in [2.24, 2.45) is 0 Å². The lowest BCUT2D eigenvalue weighted by atomic mass is 9.94. The molecule has 1 aliphatic carbocycles. The number of hydrogen-bond acceptors (Lipinski definition) is 3. The first-order chi connectivity index (χ1) is 9.08. The molecule has 1 fully saturated rings. The summed E-state index contributed by atoms with van der Waals surface area (Å²) in [6, 6.07) is 6.26. The van der Waals surface area contributed by atoms with Crippen molar-refractivity contribution in [1.29, 1.82) is 0 Å². The fraction of sp³-hybridized carbons (Fsp3) is 0.600. The maximum absolute atomic E-state index is 11.0. The third-order valence-electron chi connectivity index (χ3n) is 4.02. The smallest absolute Gasteiger partial charge is 0.272 e. The molecule has 2 rings (SSSR count). The third kappa shape index (κ3) is 3.53. The van der Waals surface area contributed by atoms with Crippen LogP contribution in [0, 0.1) is 17.0 Å². The van der Waals surface area contributed by atoms with Gasteiger partial charge in [0.15, 0.2) is 0 Å². The van der Waals surface area contributed by atoms with Crippen LogP contribution in [0.15, 0.2) is 18.2 Å². The van der Waals surface area contributed by atoms with Crippen LogP contribution in [0.4, 0.5) is 5.69 Å². The minimum atomic E-state index is -0.299. The molecule has 0 radical (unpaired) electrons. The number of nitro benzene ring substituents is 1. The molecule has 1 aromatic carbocycles. The Morgan fingerprint density at radius 1 is 1.32 bits per heavy atom. The molecule has 0 aliphatic heterocycles. The van der Waals surface area contributed by atoms with Gasteiger partial charge < -0.3 is 5.32 Å². The van der Waals surface area contributed by atoms with Crippen LogP contribution in [0.1, 0.15) is 56.2 Å². The van der Waals surface area contributed by atoms with E-state index in [1.807, 2.05) is 12.1 Å². The minimum Gasteiger partial charge on any atom is -0.307 e. The zero-order valence-electron chi connectivity index (χ0n) is 11.7. The van der Waals surface area contributed by atoms with Crippen molar-refractivity contribution in [3.05, 3.63) is 39.4 Å². The molecule has 1 aromatic rings. The van der Waals surface area contributed by atoms with E-state index < -0.39 is 0 Å². The van der Waals surface area contributed by atoms with Crippen molar-refractivity contribution in [2.75, 3.05) is 0 Å². The van der Waals surface area contributed by atoms with Crippen LogP contribution in [0.25, 0.3) is 0 Å². The van der Waals surface area contributed by atoms with Gasteiger partial charge in [-0.2, -0.15) is 0 Å². The molecule has 19 heavy (non-hydrogen) atoms. The number of nitrogens with zero attached hydrogens (tertiary/aromatic N) is 1. The minimum absolute atomic E-state index is 0.169. The Morgan fingerprint density at radius 2 is 2.00 bits per heavy atom. The van der Waals surface area contributed by atoms with Crippen molar-refractivity contribution in [3.63, 3.8) is 0 Å². The molecule has 4 heteroatoms. The monoisotopic (exact) mass is 262 g/mol. The second-order valence-corrected chi connectivity index (χ2v) is 5.53. The van der Waals surface area contributed by atoms with Gasteiger partial charge in [-0.25, -0.2) is 0 Å². The van der Waals surface area contributed by atoms with Gasteiger partial charge in [-0.3, -0.25) is 10.1 Å². The average molecular weight is 262 g/mol. The lowest BCUT2D eigenvalue weighted by Crippen LogP contribution is -2.33. The molecular weight excluding hydrogens is 240 g/mol. The predicted molar refractivity (Wildman–Crippen MR) is 76.3 cm³/mol. The first-order valence-corrected chi connectivity index (χ1v) is 7.09. The summed E-state index contributed by atoms with van der Waals surface area (Å²) in [4.78, 5) is 10.7. The maximum Gasteiger partial charge on any atom is 0.272 e. The van der Waals surface area contributed by atoms with E-state index in [4.69, 9.17) is 0 Å². The van der Waals surface area contributed by atoms with Crippen molar-refractivity contribution >= 4 is 5.69 Å². The van der Waals surface area contributed by atoms with Gasteiger partial charge in [-0.1, -0.05) is 31.4 Å². The van der Waals surface area contributed by atoms with E-state index in [-0.39, 0.29) is 16.7 Å². The Balaban J connectivity index is 2.07. The van der Waals surface area contributed by atoms with Crippen LogP contribution in [-0.4, -0.2) is 11.0 Å². The van der Waals surface area contributed by atoms with Gasteiger partial charge in [0.2, 0.25) is 0 Å². The van der Waals surface area contributed by atoms with Gasteiger partial charge in [0, 0.05) is 23.7 Å². The summed E-state index contributed by atoms with van der Waals surface area (Å²) in [7, 11) is 0. The fourth-order valence-electron chi connectivity index (χ4n) is 2.81. The van der Waals surface area contributed by atoms with Crippen LogP contribution < -0.4 is 5.32 Å². The summed E-state index contributed by atoms with van der Waals surface area (Å²) in [5.41, 5.74) is 1.94. The van der Waals surface area contributed by atoms with Crippen molar-refractivity contribution < 1.29 is 4.92 Å². The molecule has 0 bridgehead atoms. The Morgan fingerprint density at radius 3 is 2.63 bits per heavy atom. The van der Waals surface area contributed by atoms with Gasteiger partial charge in [-0.15, -0.1) is 0 Å². The highest BCUT2D eigenvalue weighted by molar-refractivity contribution is 5.43. The highest BCUT2D eigenvalue weighted by Crippen LogP contribution is 2.25. The topological polar surface area (TPSA) is 55.2 Å². The second-order valence-electron chi connectivity index (χ2n) is 5.53. The molecule has 0 aromatic heterocycles. The number of rotatable bonds is 4. The fourth-order valence-corrected chi connectivity index (χ4v) is 2.81. The summed E-state index contributed by atoms with van der Waals surface area (Å²) in [6.45, 7) is 3.87. The number of benzene rings is 1. The lowest BCUT2D eigenvalue weighted by molar-refractivity contribution is -0.385. The van der Waals surface area contributed by atoms with Crippen molar-refractivity contribution in [3.8, 4) is 0 Å². The van der Waals surface area contributed by atoms with Crippen molar-refractivity contribution in [1.82, 2.24) is 5.32 Å². The molecule has 0 saturated heterocycles. The molecule has 1 saturated carbocycles. The summed E-state index contributed by atoms with van der Waals surface area (Å²) in [5.74, 6) is 0. The van der Waals surface area contributed by atoms with E-state index in [1.54, 1.807) is 13.0 Å². The lowest BCUT2D eigenvalue weighted by Gasteiger charge is -2.26. The first-order valence-electron chi connectivity index (χ1n) is 7.09. The molecular formula is C15H22N2O2. The van der Waals surface area contributed by atoms with Gasteiger partial charge in [0.1, 0.15) is 0 Å². The first kappa shape index (κ1) is 14.0. The summed E-state index contributed by atoms with van der Waals surface area (Å²) in [5, 5.41) is 14.6. The Kier molecular flexibility index (Phi) is 4.53. The quantitative estimate of drug-likeness (QED) is 0.661. The zero-order valence-corrected chi connectivity index (χ0v) is 11.7. The number of nitro groups is 1. The van der Waals surface area contributed by atoms with Gasteiger partial charge in [0.05, 0.1) is 4.92 Å². The molecule has 0 heterocycles. The summed E-state index contributed by atoms with van der Waals surface area (Å²) < 4.78 is 0. The summed E-state index contributed by atoms with van der Waals surface area (Å²) in [6.07, 6.45) is 6.36. The highest BCUT2D eigenvalue weighted by Gasteiger charge is 2.18. The zero-order chi connectivity index (χ0) is 13.8. The van der Waals surface area contributed by atoms with E-state index in [1.165, 1.54) is 32.1 Å². The molecule has 1 atom stereocenters. The van der Waals surface area contributed by atoms with Crippen LogP contribution in [-0.2, 0) is 0 Å². The molecule has 0 amide bonds. The van der Waals surface area contributed by atoms with E-state index in [0.717, 1.165) is 11.1 Å². The van der Waals surface area contributed by atoms with Crippen LogP contribution >= 0.6 is 0 Å². The Bertz CT molecular complexity index is 453. The predicted octanol–water partition coefficient (Wildman–Crippen LogP) is 3.89. The van der Waals surface area contributed by atoms with Gasteiger partial charge >= 0.3 is 0 Å². The van der Waals surface area contributed by atoms with Crippen molar-refractivity contribution in [2.45, 2.75) is 58.0 Å². The molecule has 0 spiro atoms. The number of aryl methyl sites for hydroxylation is 1. The van der Waals surface area contributed by atoms with E-state index in [0.29, 0.717) is 6.04 Å². The van der Waals surface area contributed by atoms with Gasteiger partial charge in [-0.05, 0) is 32.3 Å². The van der Waals surface area contributed by atoms with E-state index in [9.17, 15) is 10.1 Å². The largest absolute Gasteiger partial charge is 0.307 e. The third-order valence-corrected chi connectivity index (χ3v) is 4.02. The Hall–Kier alpha value is -1.42. The molecule has 1 N–H and O–H groups in total. The van der Waals surface area contributed by atoms with E-state index >= 15 is 0 Å². The number of hydrogen-bond donors (Lipinski definition) is 1. The molecule has 1 unspecified atom stereocenters. The molecule has 104 valence electrons. The highest BCUT2D eigenvalue weighted by atomic mass is 16.6. The van der Waals surface area contributed by atoms with Crippen LogP contribution in [0.5, 0.6) is 0 Å². The van der Waals surface area contributed by atoms with Crippen LogP contribution in [0.2, 0.25) is 0 Å². The normalized spacial score (nSPS) is 18.2. The van der Waals surface area contributed by atoms with Crippen LogP contribution in [0.3, 0.4) is 0 Å². The Labute approximate surface area is 114 Å². The standard InChI is InChI=1S/C15H22N2O2/c1-11-8-9-13(10-15(11)17(18)19)12(2)16-14-6-4-3-5-7-14/h8-10,12,14,16H,3-7H2,1-2H3. The molecule has 1 aliphatic rings. The number of nitrogens with one attached hydrogen (secondary N) is 1. The maximum atomic E-state index is 11.0. The summed E-state index contributed by atoms with van der Waals surface area (Å²) >= 11 is 0. The second kappa shape index (κ2) is 6.15. The SMILES string of the molecule is Cc1ccc(C(C)NC2CCCCC2)cc1[N+](=O)[O-]. The average Bonchev–Trinajstić information content (AvgIpc) is 2.40. The van der Waals surface area contributed by atoms with Gasteiger partial charge in [0.25, 0.3) is 5.69 Å². The molecule has 4 nitrogen and oxygen atoms in total.